The van der Waals surface area contributed by atoms with E-state index in [-0.39, 0.29) is 5.92 Å². The zero-order valence-corrected chi connectivity index (χ0v) is 14.6. The number of piperidine rings is 1. The van der Waals surface area contributed by atoms with E-state index >= 15 is 0 Å². The minimum atomic E-state index is 0.158. The molecule has 1 fully saturated rings. The Balaban J connectivity index is 1.37. The smallest absolute Gasteiger partial charge is 0.230 e. The molecule has 2 aromatic rings. The van der Waals surface area contributed by atoms with Gasteiger partial charge in [0.1, 0.15) is 0 Å². The molecule has 0 unspecified atom stereocenters. The van der Waals surface area contributed by atoms with Crippen LogP contribution in [0.1, 0.15) is 30.5 Å². The van der Waals surface area contributed by atoms with Gasteiger partial charge in [0, 0.05) is 30.9 Å². The van der Waals surface area contributed by atoms with Crippen molar-refractivity contribution in [3.8, 4) is 0 Å². The van der Waals surface area contributed by atoms with E-state index in [0.717, 1.165) is 63.2 Å². The molecule has 4 nitrogen and oxygen atoms in total. The van der Waals surface area contributed by atoms with Gasteiger partial charge in [-0.2, -0.15) is 0 Å². The topological polar surface area (TPSA) is 36.4 Å². The maximum Gasteiger partial charge on any atom is 0.230 e. The van der Waals surface area contributed by atoms with E-state index in [9.17, 15) is 4.79 Å². The van der Waals surface area contributed by atoms with Crippen molar-refractivity contribution in [2.45, 2.75) is 32.2 Å². The van der Waals surface area contributed by atoms with Crippen LogP contribution in [0, 0.1) is 5.92 Å². The van der Waals surface area contributed by atoms with Crippen LogP contribution in [0.3, 0.4) is 0 Å². The van der Waals surface area contributed by atoms with E-state index in [1.807, 2.05) is 29.3 Å². The van der Waals surface area contributed by atoms with Crippen molar-refractivity contribution in [2.75, 3.05) is 24.5 Å². The van der Waals surface area contributed by atoms with Crippen molar-refractivity contribution in [3.05, 3.63) is 59.9 Å². The number of likely N-dealkylation sites (tertiary alicyclic amines) is 1. The Morgan fingerprint density at radius 2 is 1.84 bits per heavy atom. The minimum absolute atomic E-state index is 0.158. The molecule has 0 N–H and O–H groups in total. The molecule has 130 valence electrons. The average Bonchev–Trinajstić information content (AvgIpc) is 2.68. The Bertz CT molecular complexity index is 723. The van der Waals surface area contributed by atoms with E-state index in [1.165, 1.54) is 5.56 Å². The monoisotopic (exact) mass is 335 g/mol. The van der Waals surface area contributed by atoms with Gasteiger partial charge in [-0.1, -0.05) is 24.3 Å². The number of anilines is 1. The third kappa shape index (κ3) is 3.59. The number of carbonyl (C=O) groups excluding carboxylic acids is 1. The molecule has 2 aliphatic rings. The Hall–Kier alpha value is -2.20. The van der Waals surface area contributed by atoms with Crippen molar-refractivity contribution in [1.82, 2.24) is 9.88 Å². The fourth-order valence-corrected chi connectivity index (χ4v) is 4.04. The second-order valence-corrected chi connectivity index (χ2v) is 7.09. The van der Waals surface area contributed by atoms with Gasteiger partial charge < -0.3 is 4.90 Å². The lowest BCUT2D eigenvalue weighted by Gasteiger charge is -2.36. The van der Waals surface area contributed by atoms with Crippen LogP contribution in [0.4, 0.5) is 5.69 Å². The summed E-state index contributed by atoms with van der Waals surface area (Å²) in [6, 6.07) is 14.4. The maximum atomic E-state index is 13.1. The first-order valence-electron chi connectivity index (χ1n) is 9.33. The van der Waals surface area contributed by atoms with Gasteiger partial charge in [-0.15, -0.1) is 0 Å². The second-order valence-electron chi connectivity index (χ2n) is 7.09. The van der Waals surface area contributed by atoms with Crippen LogP contribution in [-0.4, -0.2) is 35.4 Å². The zero-order chi connectivity index (χ0) is 17.1. The van der Waals surface area contributed by atoms with Gasteiger partial charge in [0.05, 0.1) is 5.69 Å². The molecule has 1 saturated heterocycles. The van der Waals surface area contributed by atoms with Crippen molar-refractivity contribution < 1.29 is 4.79 Å². The first-order valence-corrected chi connectivity index (χ1v) is 9.33. The van der Waals surface area contributed by atoms with E-state index in [2.05, 4.69) is 34.1 Å². The second kappa shape index (κ2) is 7.36. The quantitative estimate of drug-likeness (QED) is 0.864. The summed E-state index contributed by atoms with van der Waals surface area (Å²) in [5, 5.41) is 0. The lowest BCUT2D eigenvalue weighted by molar-refractivity contribution is -0.123. The minimum Gasteiger partial charge on any atom is -0.312 e. The molecule has 1 amide bonds. The molecule has 3 heterocycles. The summed E-state index contributed by atoms with van der Waals surface area (Å²) in [7, 11) is 0. The van der Waals surface area contributed by atoms with Crippen molar-refractivity contribution >= 4 is 11.6 Å². The first-order chi connectivity index (χ1) is 12.3. The number of aryl methyl sites for hydroxylation is 1. The van der Waals surface area contributed by atoms with Crippen molar-refractivity contribution in [3.63, 3.8) is 0 Å². The Kier molecular flexibility index (Phi) is 4.79. The lowest BCUT2D eigenvalue weighted by Crippen LogP contribution is -2.44. The van der Waals surface area contributed by atoms with Crippen LogP contribution in [0.25, 0.3) is 0 Å². The predicted molar refractivity (Wildman–Crippen MR) is 99.4 cm³/mol. The molecule has 0 radical (unpaired) electrons. The fraction of sp³-hybridized carbons (Fsp3) is 0.429. The Morgan fingerprint density at radius 3 is 2.64 bits per heavy atom. The number of aromatic nitrogens is 1. The summed E-state index contributed by atoms with van der Waals surface area (Å²) < 4.78 is 0. The molecule has 0 saturated carbocycles. The highest BCUT2D eigenvalue weighted by molar-refractivity contribution is 5.96. The van der Waals surface area contributed by atoms with Gasteiger partial charge in [-0.05, 0) is 62.5 Å². The summed E-state index contributed by atoms with van der Waals surface area (Å²) in [6.07, 6.45) is 5.90. The van der Waals surface area contributed by atoms with Gasteiger partial charge >= 0.3 is 0 Å². The molecule has 2 aliphatic heterocycles. The molecule has 1 aromatic heterocycles. The van der Waals surface area contributed by atoms with Crippen LogP contribution >= 0.6 is 0 Å². The number of hydrogen-bond acceptors (Lipinski definition) is 3. The third-order valence-corrected chi connectivity index (χ3v) is 5.42. The van der Waals surface area contributed by atoms with E-state index in [1.54, 1.807) is 0 Å². The summed E-state index contributed by atoms with van der Waals surface area (Å²) >= 11 is 0. The van der Waals surface area contributed by atoms with E-state index in [0.29, 0.717) is 5.91 Å². The number of pyridine rings is 1. The summed E-state index contributed by atoms with van der Waals surface area (Å²) in [6.45, 7) is 3.70. The van der Waals surface area contributed by atoms with Crippen LogP contribution in [-0.2, 0) is 17.8 Å². The van der Waals surface area contributed by atoms with Gasteiger partial charge in [0.2, 0.25) is 5.91 Å². The molecular formula is C21H25N3O. The Morgan fingerprint density at radius 1 is 1.04 bits per heavy atom. The number of carbonyl (C=O) groups is 1. The number of fused-ring (bicyclic) bond motifs is 1. The first kappa shape index (κ1) is 16.3. The molecule has 4 heteroatoms. The number of amides is 1. The molecule has 4 rings (SSSR count). The van der Waals surface area contributed by atoms with Crippen LogP contribution in [0.15, 0.2) is 48.7 Å². The number of benzene rings is 1. The standard InChI is InChI=1S/C21H25N3O/c25-21(24-13-5-7-17-6-1-2-9-20(17)24)18-10-14-23(15-11-18)16-19-8-3-4-12-22-19/h1-4,6,8-9,12,18H,5,7,10-11,13-16H2. The molecule has 0 bridgehead atoms. The van der Waals surface area contributed by atoms with Gasteiger partial charge in [0.15, 0.2) is 0 Å². The van der Waals surface area contributed by atoms with E-state index < -0.39 is 0 Å². The van der Waals surface area contributed by atoms with Crippen LogP contribution in [0.5, 0.6) is 0 Å². The molecule has 1 aromatic carbocycles. The SMILES string of the molecule is O=C(C1CCN(Cc2ccccn2)CC1)N1CCCc2ccccc21. The number of hydrogen-bond donors (Lipinski definition) is 0. The molecule has 0 atom stereocenters. The highest BCUT2D eigenvalue weighted by Gasteiger charge is 2.31. The maximum absolute atomic E-state index is 13.1. The summed E-state index contributed by atoms with van der Waals surface area (Å²) in [5.41, 5.74) is 3.56. The molecule has 25 heavy (non-hydrogen) atoms. The summed E-state index contributed by atoms with van der Waals surface area (Å²) in [4.78, 5) is 21.9. The normalized spacial score (nSPS) is 18.8. The number of rotatable bonds is 3. The lowest BCUT2D eigenvalue weighted by atomic mass is 9.93. The molecule has 0 aliphatic carbocycles. The van der Waals surface area contributed by atoms with Gasteiger partial charge in [0.25, 0.3) is 0 Å². The highest BCUT2D eigenvalue weighted by atomic mass is 16.2. The summed E-state index contributed by atoms with van der Waals surface area (Å²) in [5.74, 6) is 0.482. The zero-order valence-electron chi connectivity index (χ0n) is 14.6. The third-order valence-electron chi connectivity index (χ3n) is 5.42. The van der Waals surface area contributed by atoms with E-state index in [4.69, 9.17) is 0 Å². The van der Waals surface area contributed by atoms with Crippen molar-refractivity contribution in [2.24, 2.45) is 5.92 Å². The number of para-hydroxylation sites is 1. The van der Waals surface area contributed by atoms with Gasteiger partial charge in [-0.25, -0.2) is 0 Å². The highest BCUT2D eigenvalue weighted by Crippen LogP contribution is 2.30. The molecular weight excluding hydrogens is 310 g/mol. The predicted octanol–water partition coefficient (Wildman–Crippen LogP) is 3.27. The Labute approximate surface area is 149 Å². The number of nitrogens with zero attached hydrogens (tertiary/aromatic N) is 3. The van der Waals surface area contributed by atoms with Gasteiger partial charge in [-0.3, -0.25) is 14.7 Å². The van der Waals surface area contributed by atoms with Crippen molar-refractivity contribution in [1.29, 1.82) is 0 Å². The average molecular weight is 335 g/mol. The molecule has 0 spiro atoms. The largest absolute Gasteiger partial charge is 0.312 e. The van der Waals surface area contributed by atoms with Crippen LogP contribution in [0.2, 0.25) is 0 Å². The van der Waals surface area contributed by atoms with Crippen LogP contribution < -0.4 is 4.90 Å². The fourth-order valence-electron chi connectivity index (χ4n) is 4.04.